The predicted octanol–water partition coefficient (Wildman–Crippen LogP) is 2.74. The second-order valence-corrected chi connectivity index (χ2v) is 5.85. The molecule has 0 unspecified atom stereocenters. The van der Waals surface area contributed by atoms with Crippen molar-refractivity contribution in [2.45, 2.75) is 54.0 Å². The van der Waals surface area contributed by atoms with Crippen molar-refractivity contribution in [1.82, 2.24) is 10.2 Å². The summed E-state index contributed by atoms with van der Waals surface area (Å²) in [5.41, 5.74) is 0.457. The van der Waals surface area contributed by atoms with Crippen molar-refractivity contribution < 1.29 is 0 Å². The van der Waals surface area contributed by atoms with Crippen LogP contribution in [0.15, 0.2) is 0 Å². The fraction of sp³-hybridized carbons (Fsp3) is 1.00. The van der Waals surface area contributed by atoms with Crippen LogP contribution < -0.4 is 5.32 Å². The van der Waals surface area contributed by atoms with Crippen molar-refractivity contribution in [2.24, 2.45) is 5.41 Å². The third kappa shape index (κ3) is 10.2. The highest BCUT2D eigenvalue weighted by molar-refractivity contribution is 4.66. The molecular weight excluding hydrogens is 184 g/mol. The Hall–Kier alpha value is -0.0800. The lowest BCUT2D eigenvalue weighted by Gasteiger charge is -2.26. The van der Waals surface area contributed by atoms with Gasteiger partial charge in [-0.25, -0.2) is 0 Å². The van der Waals surface area contributed by atoms with E-state index in [2.05, 4.69) is 51.8 Å². The Bertz CT molecular complexity index is 147. The fourth-order valence-electron chi connectivity index (χ4n) is 1.43. The van der Waals surface area contributed by atoms with Crippen molar-refractivity contribution in [3.8, 4) is 0 Å². The van der Waals surface area contributed by atoms with E-state index in [0.29, 0.717) is 11.5 Å². The Morgan fingerprint density at radius 2 is 1.73 bits per heavy atom. The molecule has 0 aliphatic heterocycles. The zero-order chi connectivity index (χ0) is 11.9. The first-order valence-electron chi connectivity index (χ1n) is 6.31. The van der Waals surface area contributed by atoms with Gasteiger partial charge in [0.15, 0.2) is 0 Å². The van der Waals surface area contributed by atoms with E-state index in [1.54, 1.807) is 0 Å². The molecule has 1 N–H and O–H groups in total. The van der Waals surface area contributed by atoms with E-state index >= 15 is 0 Å². The van der Waals surface area contributed by atoms with Gasteiger partial charge in [0.1, 0.15) is 0 Å². The van der Waals surface area contributed by atoms with Crippen molar-refractivity contribution in [3.05, 3.63) is 0 Å². The van der Waals surface area contributed by atoms with Gasteiger partial charge < -0.3 is 10.2 Å². The summed E-state index contributed by atoms with van der Waals surface area (Å²) in [7, 11) is 0. The molecule has 0 saturated heterocycles. The van der Waals surface area contributed by atoms with Crippen LogP contribution in [-0.4, -0.2) is 37.1 Å². The van der Waals surface area contributed by atoms with Gasteiger partial charge in [0.25, 0.3) is 0 Å². The molecule has 0 spiro atoms. The number of nitrogens with one attached hydrogen (secondary N) is 1. The molecular formula is C13H30N2. The van der Waals surface area contributed by atoms with E-state index in [1.165, 1.54) is 19.5 Å². The van der Waals surface area contributed by atoms with E-state index in [1.807, 2.05) is 0 Å². The number of nitrogens with zero attached hydrogens (tertiary/aromatic N) is 1. The number of rotatable bonds is 7. The molecule has 0 bridgehead atoms. The monoisotopic (exact) mass is 214 g/mol. The summed E-state index contributed by atoms with van der Waals surface area (Å²) in [5, 5.41) is 3.47. The molecule has 0 aromatic rings. The molecule has 0 aliphatic carbocycles. The standard InChI is InChI=1S/C13H30N2/c1-7-15(10-8-13(4,5)6)11-9-14-12(2)3/h12,14H,7-11H2,1-6H3. The van der Waals surface area contributed by atoms with Crippen molar-refractivity contribution in [2.75, 3.05) is 26.2 Å². The molecule has 0 amide bonds. The highest BCUT2D eigenvalue weighted by Crippen LogP contribution is 2.18. The maximum absolute atomic E-state index is 3.47. The third-order valence-corrected chi connectivity index (χ3v) is 2.61. The van der Waals surface area contributed by atoms with Gasteiger partial charge >= 0.3 is 0 Å². The van der Waals surface area contributed by atoms with E-state index in [9.17, 15) is 0 Å². The number of likely N-dealkylation sites (N-methyl/N-ethyl adjacent to an activating group) is 1. The lowest BCUT2D eigenvalue weighted by molar-refractivity contribution is 0.235. The Morgan fingerprint density at radius 3 is 2.13 bits per heavy atom. The molecule has 0 aromatic heterocycles. The maximum Gasteiger partial charge on any atom is 0.0107 e. The summed E-state index contributed by atoms with van der Waals surface area (Å²) in [5.74, 6) is 0. The molecule has 2 nitrogen and oxygen atoms in total. The van der Waals surface area contributed by atoms with Gasteiger partial charge in [0.2, 0.25) is 0 Å². The zero-order valence-corrected chi connectivity index (χ0v) is 11.6. The van der Waals surface area contributed by atoms with Gasteiger partial charge in [-0.3, -0.25) is 0 Å². The average Bonchev–Trinajstić information content (AvgIpc) is 2.08. The van der Waals surface area contributed by atoms with E-state index < -0.39 is 0 Å². The SMILES string of the molecule is CCN(CCNC(C)C)CCC(C)(C)C. The van der Waals surface area contributed by atoms with Crippen LogP contribution in [0.3, 0.4) is 0 Å². The van der Waals surface area contributed by atoms with Crippen LogP contribution in [0.25, 0.3) is 0 Å². The summed E-state index contributed by atoms with van der Waals surface area (Å²) in [4.78, 5) is 2.53. The lowest BCUT2D eigenvalue weighted by atomic mass is 9.92. The lowest BCUT2D eigenvalue weighted by Crippen LogP contribution is -2.36. The molecule has 0 aliphatic rings. The molecule has 15 heavy (non-hydrogen) atoms. The zero-order valence-electron chi connectivity index (χ0n) is 11.6. The Balaban J connectivity index is 3.64. The van der Waals surface area contributed by atoms with Gasteiger partial charge in [0.05, 0.1) is 0 Å². The highest BCUT2D eigenvalue weighted by Gasteiger charge is 2.12. The van der Waals surface area contributed by atoms with Crippen LogP contribution in [0.2, 0.25) is 0 Å². The van der Waals surface area contributed by atoms with Crippen LogP contribution in [0.5, 0.6) is 0 Å². The minimum absolute atomic E-state index is 0.457. The first-order valence-corrected chi connectivity index (χ1v) is 6.31. The number of hydrogen-bond acceptors (Lipinski definition) is 2. The Labute approximate surface area is 96.4 Å². The van der Waals surface area contributed by atoms with Crippen molar-refractivity contribution in [1.29, 1.82) is 0 Å². The van der Waals surface area contributed by atoms with Gasteiger partial charge in [-0.15, -0.1) is 0 Å². The molecule has 0 radical (unpaired) electrons. The maximum atomic E-state index is 3.47. The van der Waals surface area contributed by atoms with Gasteiger partial charge in [-0.2, -0.15) is 0 Å². The summed E-state index contributed by atoms with van der Waals surface area (Å²) >= 11 is 0. The van der Waals surface area contributed by atoms with Crippen LogP contribution in [0.4, 0.5) is 0 Å². The van der Waals surface area contributed by atoms with Crippen molar-refractivity contribution in [3.63, 3.8) is 0 Å². The summed E-state index contributed by atoms with van der Waals surface area (Å²) < 4.78 is 0. The topological polar surface area (TPSA) is 15.3 Å². The molecule has 0 heterocycles. The molecule has 0 fully saturated rings. The Kier molecular flexibility index (Phi) is 7.20. The second-order valence-electron chi connectivity index (χ2n) is 5.85. The molecule has 0 atom stereocenters. The molecule has 0 rings (SSSR count). The third-order valence-electron chi connectivity index (χ3n) is 2.61. The van der Waals surface area contributed by atoms with Gasteiger partial charge in [-0.05, 0) is 24.9 Å². The number of hydrogen-bond donors (Lipinski definition) is 1. The Morgan fingerprint density at radius 1 is 1.13 bits per heavy atom. The van der Waals surface area contributed by atoms with E-state index in [4.69, 9.17) is 0 Å². The molecule has 0 aromatic carbocycles. The summed E-state index contributed by atoms with van der Waals surface area (Å²) in [6, 6.07) is 0.603. The van der Waals surface area contributed by atoms with Crippen LogP contribution in [-0.2, 0) is 0 Å². The summed E-state index contributed by atoms with van der Waals surface area (Å²) in [6.07, 6.45) is 1.28. The molecule has 2 heteroatoms. The average molecular weight is 214 g/mol. The largest absolute Gasteiger partial charge is 0.313 e. The highest BCUT2D eigenvalue weighted by atomic mass is 15.1. The summed E-state index contributed by atoms with van der Waals surface area (Å²) in [6.45, 7) is 18.2. The van der Waals surface area contributed by atoms with Crippen LogP contribution in [0.1, 0.15) is 48.0 Å². The van der Waals surface area contributed by atoms with Crippen molar-refractivity contribution >= 4 is 0 Å². The predicted molar refractivity (Wildman–Crippen MR) is 69.3 cm³/mol. The normalized spacial score (nSPS) is 12.8. The first kappa shape index (κ1) is 14.9. The fourth-order valence-corrected chi connectivity index (χ4v) is 1.43. The van der Waals surface area contributed by atoms with Crippen LogP contribution >= 0.6 is 0 Å². The minimum Gasteiger partial charge on any atom is -0.313 e. The molecule has 92 valence electrons. The smallest absolute Gasteiger partial charge is 0.0107 e. The van der Waals surface area contributed by atoms with Crippen LogP contribution in [0, 0.1) is 5.41 Å². The van der Waals surface area contributed by atoms with Gasteiger partial charge in [0, 0.05) is 19.1 Å². The van der Waals surface area contributed by atoms with E-state index in [0.717, 1.165) is 13.1 Å². The van der Waals surface area contributed by atoms with Gasteiger partial charge in [-0.1, -0.05) is 41.5 Å². The van der Waals surface area contributed by atoms with E-state index in [-0.39, 0.29) is 0 Å². The quantitative estimate of drug-likeness (QED) is 0.701. The second kappa shape index (κ2) is 7.24. The minimum atomic E-state index is 0.457. The molecule has 0 saturated carbocycles. The first-order chi connectivity index (χ1) is 6.85.